The van der Waals surface area contributed by atoms with Gasteiger partial charge in [-0.05, 0) is 89.5 Å². The number of nitrogens with zero attached hydrogens (tertiary/aromatic N) is 1. The number of nitrogens with one attached hydrogen (secondary N) is 2. The fourth-order valence-electron chi connectivity index (χ4n) is 3.57. The second-order valence-electron chi connectivity index (χ2n) is 7.31. The van der Waals surface area contributed by atoms with E-state index in [1.54, 1.807) is 0 Å². The first-order chi connectivity index (χ1) is 10.7. The maximum Gasteiger partial charge on any atom is 0.220 e. The minimum Gasteiger partial charge on any atom is -0.356 e. The molecule has 2 aliphatic rings. The van der Waals surface area contributed by atoms with Gasteiger partial charge in [0.1, 0.15) is 0 Å². The average Bonchev–Trinajstić information content (AvgIpc) is 2.55. The van der Waals surface area contributed by atoms with Crippen LogP contribution in [0, 0.1) is 11.8 Å². The highest BCUT2D eigenvalue weighted by atomic mass is 35.5. The topological polar surface area (TPSA) is 44.4 Å². The SMILES string of the molecule is CC1CCN(CCCCNC(=O)CCC2CCNCC2)CC1.Cl.Cl. The maximum atomic E-state index is 11.8. The highest BCUT2D eigenvalue weighted by molar-refractivity contribution is 5.85. The van der Waals surface area contributed by atoms with E-state index in [1.807, 2.05) is 0 Å². The van der Waals surface area contributed by atoms with Gasteiger partial charge < -0.3 is 15.5 Å². The predicted molar refractivity (Wildman–Crippen MR) is 106 cm³/mol. The molecule has 0 aromatic heterocycles. The Balaban J connectivity index is 0.00000264. The molecule has 2 saturated heterocycles. The Kier molecular flexibility index (Phi) is 14.2. The molecule has 2 heterocycles. The van der Waals surface area contributed by atoms with Crippen LogP contribution in [0.1, 0.15) is 58.3 Å². The summed E-state index contributed by atoms with van der Waals surface area (Å²) in [6.07, 6.45) is 9.30. The van der Waals surface area contributed by atoms with Crippen LogP contribution in [-0.2, 0) is 4.79 Å². The Hall–Kier alpha value is -0.0300. The van der Waals surface area contributed by atoms with Gasteiger partial charge >= 0.3 is 0 Å². The van der Waals surface area contributed by atoms with E-state index in [1.165, 1.54) is 51.7 Å². The van der Waals surface area contributed by atoms with E-state index >= 15 is 0 Å². The van der Waals surface area contributed by atoms with E-state index in [9.17, 15) is 4.79 Å². The first-order valence-electron chi connectivity index (χ1n) is 9.44. The lowest BCUT2D eigenvalue weighted by Crippen LogP contribution is -2.34. The summed E-state index contributed by atoms with van der Waals surface area (Å²) in [5, 5.41) is 6.47. The van der Waals surface area contributed by atoms with Crippen molar-refractivity contribution in [2.45, 2.75) is 58.3 Å². The van der Waals surface area contributed by atoms with E-state index in [0.717, 1.165) is 44.3 Å². The van der Waals surface area contributed by atoms with Crippen molar-refractivity contribution in [3.05, 3.63) is 0 Å². The smallest absolute Gasteiger partial charge is 0.220 e. The standard InChI is InChI=1S/C18H35N3O.2ClH/c1-16-8-14-21(15-9-16)13-3-2-10-20-18(22)5-4-17-6-11-19-12-7-17;;/h16-17,19H,2-15H2,1H3,(H,20,22);2*1H. The number of carbonyl (C=O) groups is 1. The second kappa shape index (κ2) is 14.2. The lowest BCUT2D eigenvalue weighted by Gasteiger charge is -2.30. The lowest BCUT2D eigenvalue weighted by atomic mass is 9.93. The van der Waals surface area contributed by atoms with Crippen molar-refractivity contribution in [1.82, 2.24) is 15.5 Å². The van der Waals surface area contributed by atoms with Gasteiger partial charge in [-0.1, -0.05) is 6.92 Å². The molecule has 4 nitrogen and oxygen atoms in total. The quantitative estimate of drug-likeness (QED) is 0.634. The van der Waals surface area contributed by atoms with Crippen molar-refractivity contribution in [2.24, 2.45) is 11.8 Å². The van der Waals surface area contributed by atoms with Gasteiger partial charge in [0.2, 0.25) is 5.91 Å². The molecule has 1 amide bonds. The van der Waals surface area contributed by atoms with Crippen LogP contribution in [0.4, 0.5) is 0 Å². The molecule has 2 fully saturated rings. The summed E-state index contributed by atoms with van der Waals surface area (Å²) < 4.78 is 0. The molecule has 24 heavy (non-hydrogen) atoms. The highest BCUT2D eigenvalue weighted by Crippen LogP contribution is 2.17. The van der Waals surface area contributed by atoms with Crippen molar-refractivity contribution < 1.29 is 4.79 Å². The maximum absolute atomic E-state index is 11.8. The number of rotatable bonds is 8. The monoisotopic (exact) mass is 381 g/mol. The van der Waals surface area contributed by atoms with Crippen LogP contribution in [0.15, 0.2) is 0 Å². The summed E-state index contributed by atoms with van der Waals surface area (Å²) in [4.78, 5) is 14.4. The molecule has 2 N–H and O–H groups in total. The fraction of sp³-hybridized carbons (Fsp3) is 0.944. The normalized spacial score (nSPS) is 20.0. The van der Waals surface area contributed by atoms with E-state index < -0.39 is 0 Å². The molecule has 0 atom stereocenters. The zero-order chi connectivity index (χ0) is 15.6. The largest absolute Gasteiger partial charge is 0.356 e. The molecule has 0 bridgehead atoms. The Morgan fingerprint density at radius 1 is 1.08 bits per heavy atom. The molecular weight excluding hydrogens is 345 g/mol. The van der Waals surface area contributed by atoms with Crippen LogP contribution < -0.4 is 10.6 Å². The fourth-order valence-corrected chi connectivity index (χ4v) is 3.57. The van der Waals surface area contributed by atoms with Crippen LogP contribution in [0.2, 0.25) is 0 Å². The highest BCUT2D eigenvalue weighted by Gasteiger charge is 2.15. The first kappa shape index (κ1) is 24.0. The molecule has 0 aromatic carbocycles. The molecule has 0 radical (unpaired) electrons. The number of hydrogen-bond donors (Lipinski definition) is 2. The number of hydrogen-bond acceptors (Lipinski definition) is 3. The molecule has 0 aromatic rings. The van der Waals surface area contributed by atoms with Crippen LogP contribution in [0.5, 0.6) is 0 Å². The van der Waals surface area contributed by atoms with Crippen molar-refractivity contribution in [2.75, 3.05) is 39.3 Å². The summed E-state index contributed by atoms with van der Waals surface area (Å²) in [7, 11) is 0. The molecule has 2 rings (SSSR count). The van der Waals surface area contributed by atoms with Gasteiger partial charge in [-0.3, -0.25) is 4.79 Å². The van der Waals surface area contributed by atoms with E-state index in [2.05, 4.69) is 22.5 Å². The Labute approximate surface area is 160 Å². The lowest BCUT2D eigenvalue weighted by molar-refractivity contribution is -0.121. The van der Waals surface area contributed by atoms with Crippen molar-refractivity contribution in [3.8, 4) is 0 Å². The van der Waals surface area contributed by atoms with Gasteiger partial charge in [0, 0.05) is 13.0 Å². The molecular formula is C18H37Cl2N3O. The Bertz CT molecular complexity index is 317. The van der Waals surface area contributed by atoms with Crippen molar-refractivity contribution >= 4 is 30.7 Å². The third-order valence-corrected chi connectivity index (χ3v) is 5.34. The van der Waals surface area contributed by atoms with Gasteiger partial charge in [0.25, 0.3) is 0 Å². The van der Waals surface area contributed by atoms with Crippen molar-refractivity contribution in [1.29, 1.82) is 0 Å². The molecule has 144 valence electrons. The van der Waals surface area contributed by atoms with Crippen LogP contribution in [-0.4, -0.2) is 50.1 Å². The summed E-state index contributed by atoms with van der Waals surface area (Å²) >= 11 is 0. The molecule has 0 spiro atoms. The number of unbranched alkanes of at least 4 members (excludes halogenated alkanes) is 1. The summed E-state index contributed by atoms with van der Waals surface area (Å²) in [5.41, 5.74) is 0. The Morgan fingerprint density at radius 2 is 1.75 bits per heavy atom. The zero-order valence-electron chi connectivity index (χ0n) is 15.2. The predicted octanol–water partition coefficient (Wildman–Crippen LogP) is 3.24. The number of piperidine rings is 2. The van der Waals surface area contributed by atoms with Gasteiger partial charge in [-0.25, -0.2) is 0 Å². The van der Waals surface area contributed by atoms with Crippen molar-refractivity contribution in [3.63, 3.8) is 0 Å². The second-order valence-corrected chi connectivity index (χ2v) is 7.31. The summed E-state index contributed by atoms with van der Waals surface area (Å²) in [6.45, 7) is 9.21. The first-order valence-corrected chi connectivity index (χ1v) is 9.44. The molecule has 6 heteroatoms. The number of carbonyl (C=O) groups excluding carboxylic acids is 1. The third kappa shape index (κ3) is 10.1. The van der Waals surface area contributed by atoms with Gasteiger partial charge in [-0.2, -0.15) is 0 Å². The van der Waals surface area contributed by atoms with E-state index in [0.29, 0.717) is 6.42 Å². The van der Waals surface area contributed by atoms with Gasteiger partial charge in [0.05, 0.1) is 0 Å². The minimum absolute atomic E-state index is 0. The zero-order valence-corrected chi connectivity index (χ0v) is 16.9. The Morgan fingerprint density at radius 3 is 2.42 bits per heavy atom. The van der Waals surface area contributed by atoms with Gasteiger partial charge in [-0.15, -0.1) is 24.8 Å². The number of halogens is 2. The van der Waals surface area contributed by atoms with Crippen LogP contribution in [0.25, 0.3) is 0 Å². The van der Waals surface area contributed by atoms with Gasteiger partial charge in [0.15, 0.2) is 0 Å². The van der Waals surface area contributed by atoms with E-state index in [-0.39, 0.29) is 30.7 Å². The molecule has 2 aliphatic heterocycles. The third-order valence-electron chi connectivity index (χ3n) is 5.34. The molecule has 0 unspecified atom stereocenters. The minimum atomic E-state index is 0. The molecule has 0 saturated carbocycles. The van der Waals surface area contributed by atoms with Crippen LogP contribution in [0.3, 0.4) is 0 Å². The van der Waals surface area contributed by atoms with E-state index in [4.69, 9.17) is 0 Å². The molecule has 0 aliphatic carbocycles. The number of amides is 1. The average molecular weight is 382 g/mol. The summed E-state index contributed by atoms with van der Waals surface area (Å²) in [5.74, 6) is 1.93. The summed E-state index contributed by atoms with van der Waals surface area (Å²) in [6, 6.07) is 0. The van der Waals surface area contributed by atoms with Crippen LogP contribution >= 0.6 is 24.8 Å². The number of likely N-dealkylation sites (tertiary alicyclic amines) is 1.